The molecule has 1 aromatic carbocycles. The van der Waals surface area contributed by atoms with Crippen molar-refractivity contribution >= 4 is 18.1 Å². The van der Waals surface area contributed by atoms with Gasteiger partial charge in [-0.15, -0.1) is 0 Å². The van der Waals surface area contributed by atoms with Crippen molar-refractivity contribution in [3.05, 3.63) is 34.4 Å². The van der Waals surface area contributed by atoms with E-state index in [2.05, 4.69) is 0 Å². The van der Waals surface area contributed by atoms with Crippen LogP contribution in [0.25, 0.3) is 6.08 Å². The monoisotopic (exact) mass is 437 g/mol. The summed E-state index contributed by atoms with van der Waals surface area (Å²) < 4.78 is 41.4. The van der Waals surface area contributed by atoms with E-state index in [9.17, 15) is 18.4 Å². The van der Waals surface area contributed by atoms with E-state index in [0.717, 1.165) is 5.56 Å². The van der Waals surface area contributed by atoms with Crippen LogP contribution in [0.15, 0.2) is 17.7 Å². The van der Waals surface area contributed by atoms with E-state index in [1.807, 2.05) is 26.8 Å². The van der Waals surface area contributed by atoms with Crippen molar-refractivity contribution in [1.29, 1.82) is 0 Å². The van der Waals surface area contributed by atoms with Gasteiger partial charge in [-0.05, 0) is 75.3 Å². The number of amides is 1. The molecule has 0 unspecified atom stereocenters. The van der Waals surface area contributed by atoms with E-state index < -0.39 is 18.2 Å². The highest BCUT2D eigenvalue weighted by Crippen LogP contribution is 2.40. The summed E-state index contributed by atoms with van der Waals surface area (Å²) in [5.74, 6) is -0.322. The molecule has 31 heavy (non-hydrogen) atoms. The van der Waals surface area contributed by atoms with Gasteiger partial charge in [0, 0.05) is 25.1 Å². The van der Waals surface area contributed by atoms with Crippen molar-refractivity contribution in [3.63, 3.8) is 0 Å². The van der Waals surface area contributed by atoms with Crippen molar-refractivity contribution < 1.29 is 32.6 Å². The summed E-state index contributed by atoms with van der Waals surface area (Å²) in [6.45, 7) is 5.44. The lowest BCUT2D eigenvalue weighted by atomic mass is 9.87. The summed E-state index contributed by atoms with van der Waals surface area (Å²) >= 11 is 0. The fourth-order valence-electron chi connectivity index (χ4n) is 3.96. The standard InChI is InChI=1S/C23H29F2NO5/c1-5-29-20(27)17-10-15-12-18(19(30-21(24)25)13-16(15)11-17)14-6-8-26(9-7-14)22(28)31-23(2,3)4/h11-14,21H,5-10H2,1-4H3. The summed E-state index contributed by atoms with van der Waals surface area (Å²) in [6.07, 6.45) is 2.91. The number of alkyl halides is 2. The number of carbonyl (C=O) groups excluding carboxylic acids is 2. The number of nitrogens with zero attached hydrogens (tertiary/aromatic N) is 1. The van der Waals surface area contributed by atoms with Gasteiger partial charge < -0.3 is 19.1 Å². The SMILES string of the molecule is CCOC(=O)C1=Cc2cc(OC(F)F)c(C3CCN(C(=O)OC(C)(C)C)CC3)cc2C1. The first-order valence-electron chi connectivity index (χ1n) is 10.5. The summed E-state index contributed by atoms with van der Waals surface area (Å²) in [5.41, 5.74) is 2.18. The molecular weight excluding hydrogens is 408 g/mol. The second kappa shape index (κ2) is 9.24. The van der Waals surface area contributed by atoms with Gasteiger partial charge in [-0.3, -0.25) is 0 Å². The maximum Gasteiger partial charge on any atom is 0.410 e. The zero-order valence-corrected chi connectivity index (χ0v) is 18.4. The molecule has 0 spiro atoms. The maximum absolute atomic E-state index is 13.1. The first kappa shape index (κ1) is 23.0. The molecule has 1 amide bonds. The van der Waals surface area contributed by atoms with Crippen LogP contribution in [-0.4, -0.2) is 48.9 Å². The molecule has 2 aliphatic rings. The van der Waals surface area contributed by atoms with Crippen molar-refractivity contribution in [3.8, 4) is 5.75 Å². The van der Waals surface area contributed by atoms with E-state index in [4.69, 9.17) is 14.2 Å². The van der Waals surface area contributed by atoms with Gasteiger partial charge in [-0.1, -0.05) is 6.07 Å². The first-order valence-corrected chi connectivity index (χ1v) is 10.5. The van der Waals surface area contributed by atoms with Crippen LogP contribution >= 0.6 is 0 Å². The maximum atomic E-state index is 13.1. The Balaban J connectivity index is 1.77. The molecule has 0 saturated carbocycles. The van der Waals surface area contributed by atoms with Crippen molar-refractivity contribution in [2.75, 3.05) is 19.7 Å². The number of benzene rings is 1. The fourth-order valence-corrected chi connectivity index (χ4v) is 3.96. The Morgan fingerprint density at radius 1 is 1.19 bits per heavy atom. The molecule has 0 N–H and O–H groups in total. The molecule has 1 fully saturated rings. The van der Waals surface area contributed by atoms with Crippen LogP contribution in [0.5, 0.6) is 5.75 Å². The first-order chi connectivity index (χ1) is 14.6. The number of carbonyl (C=O) groups is 2. The van der Waals surface area contributed by atoms with Crippen LogP contribution in [0.3, 0.4) is 0 Å². The van der Waals surface area contributed by atoms with Gasteiger partial charge in [0.25, 0.3) is 0 Å². The number of halogens is 2. The average Bonchev–Trinajstić information content (AvgIpc) is 3.09. The molecule has 1 aromatic rings. The Bertz CT molecular complexity index is 867. The number of esters is 1. The molecule has 8 heteroatoms. The zero-order chi connectivity index (χ0) is 22.8. The Labute approximate surface area is 181 Å². The number of hydrogen-bond acceptors (Lipinski definition) is 5. The van der Waals surface area contributed by atoms with Crippen molar-refractivity contribution in [1.82, 2.24) is 4.90 Å². The number of likely N-dealkylation sites (tertiary alicyclic amines) is 1. The predicted molar refractivity (Wildman–Crippen MR) is 111 cm³/mol. The second-order valence-corrected chi connectivity index (χ2v) is 8.78. The van der Waals surface area contributed by atoms with Gasteiger partial charge in [-0.25, -0.2) is 9.59 Å². The second-order valence-electron chi connectivity index (χ2n) is 8.78. The van der Waals surface area contributed by atoms with E-state index in [1.54, 1.807) is 24.0 Å². The molecular formula is C23H29F2NO5. The van der Waals surface area contributed by atoms with Crippen LogP contribution in [0.2, 0.25) is 0 Å². The van der Waals surface area contributed by atoms with Gasteiger partial charge in [-0.2, -0.15) is 8.78 Å². The lowest BCUT2D eigenvalue weighted by molar-refractivity contribution is -0.138. The zero-order valence-electron chi connectivity index (χ0n) is 18.4. The number of piperidine rings is 1. The Hall–Kier alpha value is -2.64. The van der Waals surface area contributed by atoms with E-state index in [0.29, 0.717) is 49.1 Å². The van der Waals surface area contributed by atoms with Gasteiger partial charge in [0.05, 0.1) is 6.61 Å². The van der Waals surface area contributed by atoms with Crippen LogP contribution in [0.4, 0.5) is 13.6 Å². The smallest absolute Gasteiger partial charge is 0.410 e. The topological polar surface area (TPSA) is 65.1 Å². The lowest BCUT2D eigenvalue weighted by Gasteiger charge is -2.34. The number of hydrogen-bond donors (Lipinski definition) is 0. The molecule has 3 rings (SSSR count). The minimum atomic E-state index is -2.95. The molecule has 0 bridgehead atoms. The van der Waals surface area contributed by atoms with Gasteiger partial charge in [0.2, 0.25) is 0 Å². The average molecular weight is 437 g/mol. The summed E-state index contributed by atoms with van der Waals surface area (Å²) in [6, 6.07) is 3.42. The van der Waals surface area contributed by atoms with Crippen LogP contribution in [-0.2, 0) is 20.7 Å². The number of ether oxygens (including phenoxy) is 3. The summed E-state index contributed by atoms with van der Waals surface area (Å²) in [7, 11) is 0. The van der Waals surface area contributed by atoms with Gasteiger partial charge in [0.1, 0.15) is 11.4 Å². The molecule has 0 radical (unpaired) electrons. The molecule has 6 nitrogen and oxygen atoms in total. The van der Waals surface area contributed by atoms with E-state index in [-0.39, 0.29) is 24.4 Å². The minimum absolute atomic E-state index is 0.0376. The normalized spacial score (nSPS) is 16.7. The molecule has 1 aliphatic heterocycles. The molecule has 1 heterocycles. The third-order valence-corrected chi connectivity index (χ3v) is 5.32. The Kier molecular flexibility index (Phi) is 6.86. The Morgan fingerprint density at radius 2 is 1.87 bits per heavy atom. The highest BCUT2D eigenvalue weighted by Gasteiger charge is 2.31. The summed E-state index contributed by atoms with van der Waals surface area (Å²) in [4.78, 5) is 26.0. The van der Waals surface area contributed by atoms with Crippen molar-refractivity contribution in [2.45, 2.75) is 65.1 Å². The molecule has 170 valence electrons. The summed E-state index contributed by atoms with van der Waals surface area (Å²) in [5, 5.41) is 0. The fraction of sp³-hybridized carbons (Fsp3) is 0.565. The lowest BCUT2D eigenvalue weighted by Crippen LogP contribution is -2.41. The van der Waals surface area contributed by atoms with Crippen molar-refractivity contribution in [2.24, 2.45) is 0 Å². The highest BCUT2D eigenvalue weighted by atomic mass is 19.3. The van der Waals surface area contributed by atoms with Gasteiger partial charge in [0.15, 0.2) is 0 Å². The largest absolute Gasteiger partial charge is 0.463 e. The third-order valence-electron chi connectivity index (χ3n) is 5.32. The molecule has 1 saturated heterocycles. The molecule has 0 aromatic heterocycles. The van der Waals surface area contributed by atoms with Crippen LogP contribution in [0.1, 0.15) is 63.1 Å². The predicted octanol–water partition coefficient (Wildman–Crippen LogP) is 4.91. The van der Waals surface area contributed by atoms with Crippen LogP contribution in [0, 0.1) is 0 Å². The Morgan fingerprint density at radius 3 is 2.45 bits per heavy atom. The highest BCUT2D eigenvalue weighted by molar-refractivity contribution is 5.96. The minimum Gasteiger partial charge on any atom is -0.463 e. The van der Waals surface area contributed by atoms with E-state index >= 15 is 0 Å². The molecule has 1 aliphatic carbocycles. The van der Waals surface area contributed by atoms with Crippen LogP contribution < -0.4 is 4.74 Å². The third kappa shape index (κ3) is 5.74. The quantitative estimate of drug-likeness (QED) is 0.613. The van der Waals surface area contributed by atoms with E-state index in [1.165, 1.54) is 0 Å². The van der Waals surface area contributed by atoms with Gasteiger partial charge >= 0.3 is 18.7 Å². The number of fused-ring (bicyclic) bond motifs is 1. The molecule has 0 atom stereocenters. The number of rotatable bonds is 5.